The second-order valence-corrected chi connectivity index (χ2v) is 9.84. The smallest absolute Gasteiger partial charge is 0.289 e. The Labute approximate surface area is 182 Å². The fourth-order valence-corrected chi connectivity index (χ4v) is 5.85. The number of nitriles is 1. The Morgan fingerprint density at radius 1 is 1.00 bits per heavy atom. The van der Waals surface area contributed by atoms with Crippen molar-refractivity contribution in [3.8, 4) is 6.07 Å². The topological polar surface area (TPSA) is 97.9 Å². The molecular weight excluding hydrogens is 416 g/mol. The summed E-state index contributed by atoms with van der Waals surface area (Å²) in [5, 5.41) is 8.96. The highest BCUT2D eigenvalue weighted by atomic mass is 32.2. The summed E-state index contributed by atoms with van der Waals surface area (Å²) >= 11 is 0. The zero-order chi connectivity index (χ0) is 22.0. The Morgan fingerprint density at radius 3 is 2.39 bits per heavy atom. The van der Waals surface area contributed by atoms with Gasteiger partial charge in [-0.15, -0.1) is 0 Å². The van der Waals surface area contributed by atoms with Gasteiger partial charge in [0, 0.05) is 51.0 Å². The first-order valence-electron chi connectivity index (χ1n) is 10.5. The molecule has 0 atom stereocenters. The molecule has 2 saturated heterocycles. The maximum atomic E-state index is 13.1. The van der Waals surface area contributed by atoms with Crippen LogP contribution in [-0.2, 0) is 10.0 Å². The van der Waals surface area contributed by atoms with Gasteiger partial charge < -0.3 is 14.2 Å². The number of amides is 1. The van der Waals surface area contributed by atoms with Gasteiger partial charge in [0.1, 0.15) is 10.7 Å². The molecule has 0 spiro atoms. The molecule has 0 bridgehead atoms. The van der Waals surface area contributed by atoms with E-state index in [-0.39, 0.29) is 22.3 Å². The summed E-state index contributed by atoms with van der Waals surface area (Å²) in [6.07, 6.45) is 2.49. The van der Waals surface area contributed by atoms with E-state index >= 15 is 0 Å². The fourth-order valence-electron chi connectivity index (χ4n) is 4.18. The molecule has 1 aromatic heterocycles. The lowest BCUT2D eigenvalue weighted by molar-refractivity contribution is 0.0733. The largest absolute Gasteiger partial charge is 0.455 e. The van der Waals surface area contributed by atoms with Crippen molar-refractivity contribution < 1.29 is 17.6 Å². The number of nitrogens with zero attached hydrogens (tertiary/aromatic N) is 4. The molecule has 8 nitrogen and oxygen atoms in total. The molecule has 164 valence electrons. The number of furan rings is 1. The minimum Gasteiger partial charge on any atom is -0.455 e. The Bertz CT molecular complexity index is 1100. The summed E-state index contributed by atoms with van der Waals surface area (Å²) in [6, 6.07) is 10.9. The van der Waals surface area contributed by atoms with Crippen molar-refractivity contribution in [1.29, 1.82) is 5.26 Å². The van der Waals surface area contributed by atoms with E-state index < -0.39 is 10.0 Å². The summed E-state index contributed by atoms with van der Waals surface area (Å²) in [5.41, 5.74) is 1.63. The lowest BCUT2D eigenvalue weighted by Crippen LogP contribution is -2.35. The number of aryl methyl sites for hydroxylation is 1. The third-order valence-electron chi connectivity index (χ3n) is 5.91. The van der Waals surface area contributed by atoms with Crippen LogP contribution in [0, 0.1) is 18.3 Å². The summed E-state index contributed by atoms with van der Waals surface area (Å²) < 4.78 is 32.8. The monoisotopic (exact) mass is 442 g/mol. The molecule has 1 aromatic carbocycles. The Hall–Kier alpha value is -2.83. The lowest BCUT2D eigenvalue weighted by atomic mass is 10.2. The quantitative estimate of drug-likeness (QED) is 0.722. The number of benzene rings is 1. The molecule has 9 heteroatoms. The molecule has 2 aliphatic rings. The summed E-state index contributed by atoms with van der Waals surface area (Å²) in [6.45, 7) is 5.12. The molecule has 1 amide bonds. The zero-order valence-electron chi connectivity index (χ0n) is 17.6. The highest BCUT2D eigenvalue weighted by Gasteiger charge is 2.33. The van der Waals surface area contributed by atoms with Crippen LogP contribution in [0.15, 0.2) is 39.6 Å². The van der Waals surface area contributed by atoms with Gasteiger partial charge in [-0.3, -0.25) is 4.79 Å². The third kappa shape index (κ3) is 4.31. The van der Waals surface area contributed by atoms with Crippen molar-refractivity contribution in [2.24, 2.45) is 0 Å². The molecule has 0 unspecified atom stereocenters. The van der Waals surface area contributed by atoms with E-state index in [9.17, 15) is 13.2 Å². The van der Waals surface area contributed by atoms with Crippen LogP contribution in [0.1, 0.15) is 41.1 Å². The molecule has 0 aliphatic carbocycles. The number of anilines is 1. The first-order chi connectivity index (χ1) is 14.9. The lowest BCUT2D eigenvalue weighted by Gasteiger charge is -2.23. The van der Waals surface area contributed by atoms with Crippen molar-refractivity contribution >= 4 is 21.6 Å². The van der Waals surface area contributed by atoms with Gasteiger partial charge in [0.15, 0.2) is 5.76 Å². The van der Waals surface area contributed by atoms with Gasteiger partial charge in [-0.2, -0.15) is 9.57 Å². The molecular formula is C22H26N4O4S. The number of carbonyl (C=O) groups is 1. The van der Waals surface area contributed by atoms with Crippen molar-refractivity contribution in [2.45, 2.75) is 31.1 Å². The maximum absolute atomic E-state index is 13.1. The molecule has 2 aliphatic heterocycles. The highest BCUT2D eigenvalue weighted by Crippen LogP contribution is 2.27. The van der Waals surface area contributed by atoms with Crippen molar-refractivity contribution in [1.82, 2.24) is 9.21 Å². The van der Waals surface area contributed by atoms with Gasteiger partial charge in [-0.1, -0.05) is 0 Å². The molecule has 4 rings (SSSR count). The SMILES string of the molecule is Cc1oc(C(=O)N2CCCN(c3ccc(C#N)cc3)CC2)cc1S(=O)(=O)N1CCCC1. The Kier molecular flexibility index (Phi) is 6.03. The second kappa shape index (κ2) is 8.73. The predicted molar refractivity (Wildman–Crippen MR) is 115 cm³/mol. The van der Waals surface area contributed by atoms with Gasteiger partial charge in [0.2, 0.25) is 10.0 Å². The predicted octanol–water partition coefficient (Wildman–Crippen LogP) is 2.60. The van der Waals surface area contributed by atoms with Crippen LogP contribution in [-0.4, -0.2) is 62.8 Å². The van der Waals surface area contributed by atoms with Crippen LogP contribution in [0.3, 0.4) is 0 Å². The van der Waals surface area contributed by atoms with Crippen LogP contribution >= 0.6 is 0 Å². The summed E-state index contributed by atoms with van der Waals surface area (Å²) in [5.74, 6) is 0.0408. The van der Waals surface area contributed by atoms with Gasteiger partial charge in [0.25, 0.3) is 5.91 Å². The molecule has 3 heterocycles. The van der Waals surface area contributed by atoms with E-state index in [0.717, 1.165) is 31.5 Å². The second-order valence-electron chi connectivity index (χ2n) is 7.93. The molecule has 31 heavy (non-hydrogen) atoms. The van der Waals surface area contributed by atoms with E-state index in [4.69, 9.17) is 9.68 Å². The van der Waals surface area contributed by atoms with Gasteiger partial charge in [-0.05, 0) is 50.5 Å². The number of carbonyl (C=O) groups excluding carboxylic acids is 1. The van der Waals surface area contributed by atoms with Crippen molar-refractivity contribution in [3.63, 3.8) is 0 Å². The van der Waals surface area contributed by atoms with Crippen molar-refractivity contribution in [3.05, 3.63) is 47.4 Å². The van der Waals surface area contributed by atoms with Crippen LogP contribution in [0.5, 0.6) is 0 Å². The van der Waals surface area contributed by atoms with E-state index in [1.807, 2.05) is 12.1 Å². The third-order valence-corrected chi connectivity index (χ3v) is 7.92. The standard InChI is InChI=1S/C22H26N4O4S/c1-17-21(31(28,29)26-11-2-3-12-26)15-20(30-17)22(27)25-10-4-9-24(13-14-25)19-7-5-18(16-23)6-8-19/h5-8,15H,2-4,9-14H2,1H3. The Balaban J connectivity index is 1.47. The molecule has 2 fully saturated rings. The maximum Gasteiger partial charge on any atom is 0.289 e. The van der Waals surface area contributed by atoms with E-state index in [0.29, 0.717) is 38.3 Å². The van der Waals surface area contributed by atoms with E-state index in [1.54, 1.807) is 24.0 Å². The molecule has 2 aromatic rings. The van der Waals surface area contributed by atoms with Gasteiger partial charge in [-0.25, -0.2) is 8.42 Å². The highest BCUT2D eigenvalue weighted by molar-refractivity contribution is 7.89. The summed E-state index contributed by atoms with van der Waals surface area (Å²) in [7, 11) is -3.63. The zero-order valence-corrected chi connectivity index (χ0v) is 18.4. The first kappa shape index (κ1) is 21.4. The Morgan fingerprint density at radius 2 is 1.71 bits per heavy atom. The van der Waals surface area contributed by atoms with Crippen LogP contribution < -0.4 is 4.90 Å². The molecule has 0 N–H and O–H groups in total. The molecule has 0 radical (unpaired) electrons. The number of sulfonamides is 1. The summed E-state index contributed by atoms with van der Waals surface area (Å²) in [4.78, 5) is 17.1. The number of hydrogen-bond donors (Lipinski definition) is 0. The average molecular weight is 443 g/mol. The van der Waals surface area contributed by atoms with Crippen molar-refractivity contribution in [2.75, 3.05) is 44.2 Å². The normalized spacial score (nSPS) is 18.1. The fraction of sp³-hybridized carbons (Fsp3) is 0.455. The first-order valence-corrected chi connectivity index (χ1v) is 12.0. The number of hydrogen-bond acceptors (Lipinski definition) is 6. The van der Waals surface area contributed by atoms with E-state index in [2.05, 4.69) is 11.0 Å². The average Bonchev–Trinajstić information content (AvgIpc) is 3.39. The molecule has 0 saturated carbocycles. The van der Waals surface area contributed by atoms with Gasteiger partial charge >= 0.3 is 0 Å². The van der Waals surface area contributed by atoms with Crippen LogP contribution in [0.2, 0.25) is 0 Å². The van der Waals surface area contributed by atoms with Gasteiger partial charge in [0.05, 0.1) is 11.6 Å². The number of rotatable bonds is 4. The van der Waals surface area contributed by atoms with E-state index in [1.165, 1.54) is 10.4 Å². The minimum atomic E-state index is -3.63. The van der Waals surface area contributed by atoms with Crippen LogP contribution in [0.4, 0.5) is 5.69 Å². The van der Waals surface area contributed by atoms with Crippen LogP contribution in [0.25, 0.3) is 0 Å². The minimum absolute atomic E-state index is 0.0714.